The number of amides is 1. The van der Waals surface area contributed by atoms with Gasteiger partial charge >= 0.3 is 11.9 Å². The Balaban J connectivity index is 1.81. The Morgan fingerprint density at radius 2 is 1.94 bits per heavy atom. The van der Waals surface area contributed by atoms with Crippen molar-refractivity contribution in [1.82, 2.24) is 4.90 Å². The number of benzene rings is 1. The van der Waals surface area contributed by atoms with Gasteiger partial charge in [0.2, 0.25) is 0 Å². The van der Waals surface area contributed by atoms with Gasteiger partial charge in [-0.05, 0) is 43.1 Å². The Labute approximate surface area is 192 Å². The number of carboxylic acid groups (broad SMARTS) is 1. The Morgan fingerprint density at radius 1 is 1.25 bits per heavy atom. The van der Waals surface area contributed by atoms with Crippen LogP contribution >= 0.6 is 11.8 Å². The summed E-state index contributed by atoms with van der Waals surface area (Å²) in [5.74, 6) is -4.61. The summed E-state index contributed by atoms with van der Waals surface area (Å²) in [6, 6.07) is 9.24. The quantitative estimate of drug-likeness (QED) is 0.228. The van der Waals surface area contributed by atoms with E-state index in [1.165, 1.54) is 17.1 Å². The number of carboxylic acids is 1. The summed E-state index contributed by atoms with van der Waals surface area (Å²) in [7, 11) is 0. The first kappa shape index (κ1) is 26.3. The number of rotatable bonds is 14. The summed E-state index contributed by atoms with van der Waals surface area (Å²) in [5.41, 5.74) is 0. The van der Waals surface area contributed by atoms with Gasteiger partial charge in [-0.15, -0.1) is 11.8 Å². The van der Waals surface area contributed by atoms with Gasteiger partial charge in [-0.2, -0.15) is 8.78 Å². The molecule has 0 aromatic heterocycles. The number of carbonyl (C=O) groups is 2. The standard InChI is InChI=1S/C24H33F2NO4S/c1-18(14-16-32-20-9-5-4-6-10-20)21(28)13-12-19-17-24(25,26)23(31)27(19)15-8-3-2-7-11-22(29)30/h4-6,9-10,12-13,18-19,21,28H,2-3,7-8,11,14-17H2,1H3,(H,29,30)/t18-,19-,21-/m0/s1. The fraction of sp³-hybridized carbons (Fsp3) is 0.583. The van der Waals surface area contributed by atoms with Crippen LogP contribution in [0.1, 0.15) is 51.9 Å². The van der Waals surface area contributed by atoms with E-state index in [2.05, 4.69) is 0 Å². The topological polar surface area (TPSA) is 77.8 Å². The summed E-state index contributed by atoms with van der Waals surface area (Å²) in [5, 5.41) is 19.1. The van der Waals surface area contributed by atoms with E-state index in [1.54, 1.807) is 11.8 Å². The first-order valence-corrected chi connectivity index (χ1v) is 12.1. The van der Waals surface area contributed by atoms with Gasteiger partial charge in [0.25, 0.3) is 5.91 Å². The molecule has 178 valence electrons. The largest absolute Gasteiger partial charge is 0.481 e. The van der Waals surface area contributed by atoms with Crippen molar-refractivity contribution in [1.29, 1.82) is 0 Å². The van der Waals surface area contributed by atoms with Crippen molar-refractivity contribution in [2.24, 2.45) is 5.92 Å². The zero-order valence-corrected chi connectivity index (χ0v) is 19.3. The van der Waals surface area contributed by atoms with E-state index in [4.69, 9.17) is 5.11 Å². The number of hydrogen-bond acceptors (Lipinski definition) is 4. The second kappa shape index (κ2) is 12.9. The normalized spacial score (nSPS) is 20.1. The first-order chi connectivity index (χ1) is 15.2. The van der Waals surface area contributed by atoms with Gasteiger partial charge in [-0.3, -0.25) is 9.59 Å². The molecule has 2 rings (SSSR count). The number of halogens is 2. The molecular formula is C24H33F2NO4S. The molecule has 1 aromatic rings. The van der Waals surface area contributed by atoms with Gasteiger partial charge in [-0.25, -0.2) is 0 Å². The van der Waals surface area contributed by atoms with Crippen molar-refractivity contribution in [3.8, 4) is 0 Å². The SMILES string of the molecule is C[C@@H](CCSc1ccccc1)[C@@H](O)C=C[C@H]1CC(F)(F)C(=O)N1CCCCCCC(=O)O. The molecule has 1 fully saturated rings. The van der Waals surface area contributed by atoms with Crippen molar-refractivity contribution in [2.75, 3.05) is 12.3 Å². The predicted molar refractivity (Wildman–Crippen MR) is 122 cm³/mol. The highest BCUT2D eigenvalue weighted by molar-refractivity contribution is 7.99. The molecule has 1 aliphatic heterocycles. The van der Waals surface area contributed by atoms with Crippen LogP contribution < -0.4 is 0 Å². The van der Waals surface area contributed by atoms with Crippen LogP contribution in [0, 0.1) is 5.92 Å². The molecule has 1 aromatic carbocycles. The van der Waals surface area contributed by atoms with Crippen LogP contribution in [0.25, 0.3) is 0 Å². The molecule has 1 amide bonds. The van der Waals surface area contributed by atoms with E-state index < -0.39 is 36.4 Å². The zero-order valence-electron chi connectivity index (χ0n) is 18.5. The number of aliphatic hydroxyl groups excluding tert-OH is 1. The highest BCUT2D eigenvalue weighted by Crippen LogP contribution is 2.34. The van der Waals surface area contributed by atoms with Gasteiger partial charge in [0.15, 0.2) is 0 Å². The van der Waals surface area contributed by atoms with E-state index in [9.17, 15) is 23.5 Å². The molecule has 0 aliphatic carbocycles. The van der Waals surface area contributed by atoms with Crippen molar-refractivity contribution in [3.63, 3.8) is 0 Å². The molecule has 0 radical (unpaired) electrons. The number of alkyl halides is 2. The Kier molecular flexibility index (Phi) is 10.6. The van der Waals surface area contributed by atoms with E-state index >= 15 is 0 Å². The van der Waals surface area contributed by atoms with E-state index in [0.717, 1.165) is 17.1 Å². The minimum Gasteiger partial charge on any atom is -0.481 e. The highest BCUT2D eigenvalue weighted by Gasteiger charge is 2.52. The van der Waals surface area contributed by atoms with Crippen LogP contribution in [0.3, 0.4) is 0 Å². The summed E-state index contributed by atoms with van der Waals surface area (Å²) < 4.78 is 28.0. The maximum atomic E-state index is 14.0. The molecule has 1 heterocycles. The second-order valence-electron chi connectivity index (χ2n) is 8.34. The fourth-order valence-corrected chi connectivity index (χ4v) is 4.73. The minimum absolute atomic E-state index is 0.0391. The van der Waals surface area contributed by atoms with Crippen LogP contribution in [0.2, 0.25) is 0 Å². The molecule has 1 saturated heterocycles. The van der Waals surface area contributed by atoms with Gasteiger partial charge in [0.1, 0.15) is 0 Å². The molecular weight excluding hydrogens is 436 g/mol. The Bertz CT molecular complexity index is 760. The average molecular weight is 470 g/mol. The van der Waals surface area contributed by atoms with Crippen LogP contribution in [0.15, 0.2) is 47.4 Å². The molecule has 0 bridgehead atoms. The van der Waals surface area contributed by atoms with Crippen LogP contribution in [0.5, 0.6) is 0 Å². The lowest BCUT2D eigenvalue weighted by Gasteiger charge is -2.22. The van der Waals surface area contributed by atoms with Crippen LogP contribution in [-0.2, 0) is 9.59 Å². The molecule has 5 nitrogen and oxygen atoms in total. The van der Waals surface area contributed by atoms with Gasteiger partial charge in [0, 0.05) is 24.3 Å². The summed E-state index contributed by atoms with van der Waals surface area (Å²) >= 11 is 1.71. The average Bonchev–Trinajstić information content (AvgIpc) is 2.97. The lowest BCUT2D eigenvalue weighted by atomic mass is 10.0. The summed E-state index contributed by atoms with van der Waals surface area (Å²) in [6.07, 6.45) is 5.03. The van der Waals surface area contributed by atoms with E-state index in [0.29, 0.717) is 25.7 Å². The lowest BCUT2D eigenvalue weighted by Crippen LogP contribution is -2.36. The van der Waals surface area contributed by atoms with Crippen molar-refractivity contribution >= 4 is 23.6 Å². The molecule has 0 unspecified atom stereocenters. The van der Waals surface area contributed by atoms with Gasteiger partial charge in [0.05, 0.1) is 12.1 Å². The number of carbonyl (C=O) groups excluding carboxylic acids is 1. The number of aliphatic carboxylic acids is 1. The minimum atomic E-state index is -3.39. The summed E-state index contributed by atoms with van der Waals surface area (Å²) in [4.78, 5) is 25.0. The number of thioether (sulfide) groups is 1. The van der Waals surface area contributed by atoms with E-state index in [-0.39, 0.29) is 18.9 Å². The molecule has 3 atom stereocenters. The van der Waals surface area contributed by atoms with Crippen molar-refractivity contribution < 1.29 is 28.6 Å². The molecule has 32 heavy (non-hydrogen) atoms. The Morgan fingerprint density at radius 3 is 2.62 bits per heavy atom. The molecule has 0 saturated carbocycles. The molecule has 8 heteroatoms. The predicted octanol–water partition coefficient (Wildman–Crippen LogP) is 4.99. The third-order valence-electron chi connectivity index (χ3n) is 5.68. The Hall–Kier alpha value is -1.93. The van der Waals surface area contributed by atoms with E-state index in [1.807, 2.05) is 37.3 Å². The van der Waals surface area contributed by atoms with Gasteiger partial charge < -0.3 is 15.1 Å². The number of hydrogen-bond donors (Lipinski definition) is 2. The molecule has 2 N–H and O–H groups in total. The third-order valence-corrected chi connectivity index (χ3v) is 6.72. The number of nitrogens with zero attached hydrogens (tertiary/aromatic N) is 1. The maximum Gasteiger partial charge on any atom is 0.327 e. The molecule has 1 aliphatic rings. The maximum absolute atomic E-state index is 14.0. The van der Waals surface area contributed by atoms with Crippen LogP contribution in [-0.4, -0.2) is 57.4 Å². The zero-order chi connectivity index (χ0) is 23.6. The second-order valence-corrected chi connectivity index (χ2v) is 9.50. The molecule has 0 spiro atoms. The third kappa shape index (κ3) is 8.54. The number of aliphatic hydroxyl groups is 1. The van der Waals surface area contributed by atoms with Gasteiger partial charge in [-0.1, -0.05) is 50.1 Å². The number of unbranched alkanes of at least 4 members (excludes halogenated alkanes) is 3. The van der Waals surface area contributed by atoms with Crippen molar-refractivity contribution in [2.45, 2.75) is 74.8 Å². The summed E-state index contributed by atoms with van der Waals surface area (Å²) in [6.45, 7) is 2.12. The first-order valence-electron chi connectivity index (χ1n) is 11.2. The van der Waals surface area contributed by atoms with Crippen molar-refractivity contribution in [3.05, 3.63) is 42.5 Å². The highest BCUT2D eigenvalue weighted by atomic mass is 32.2. The van der Waals surface area contributed by atoms with Crippen LogP contribution in [0.4, 0.5) is 8.78 Å². The lowest BCUT2D eigenvalue weighted by molar-refractivity contribution is -0.148. The fourth-order valence-electron chi connectivity index (χ4n) is 3.65. The number of likely N-dealkylation sites (tertiary alicyclic amines) is 1. The smallest absolute Gasteiger partial charge is 0.327 e. The monoisotopic (exact) mass is 469 g/mol.